The molecule has 19 heavy (non-hydrogen) atoms. The highest BCUT2D eigenvalue weighted by molar-refractivity contribution is 7.99. The second-order valence-corrected chi connectivity index (χ2v) is 5.26. The second-order valence-electron chi connectivity index (χ2n) is 4.18. The van der Waals surface area contributed by atoms with Gasteiger partial charge < -0.3 is 0 Å². The van der Waals surface area contributed by atoms with Gasteiger partial charge >= 0.3 is 0 Å². The Morgan fingerprint density at radius 3 is 1.53 bits per heavy atom. The Bertz CT molecular complexity index is 541. The summed E-state index contributed by atoms with van der Waals surface area (Å²) in [6.45, 7) is 4.10. The van der Waals surface area contributed by atoms with E-state index in [0.717, 1.165) is 0 Å². The van der Waals surface area contributed by atoms with Crippen LogP contribution >= 0.6 is 11.8 Å². The van der Waals surface area contributed by atoms with Crippen LogP contribution in [0.25, 0.3) is 12.2 Å². The highest BCUT2D eigenvalue weighted by Gasteiger charge is 2.04. The van der Waals surface area contributed by atoms with Crippen LogP contribution < -0.4 is 0 Å². The smallest absolute Gasteiger partial charge is 0.0194 e. The van der Waals surface area contributed by atoms with Crippen molar-refractivity contribution in [2.75, 3.05) is 0 Å². The Kier molecular flexibility index (Phi) is 5.05. The molecule has 96 valence electrons. The molecule has 0 amide bonds. The minimum absolute atomic E-state index is 1.27. The lowest BCUT2D eigenvalue weighted by molar-refractivity contribution is 1.37. The van der Waals surface area contributed by atoms with Crippen molar-refractivity contribution < 1.29 is 0 Å². The monoisotopic (exact) mass is 266 g/mol. The van der Waals surface area contributed by atoms with E-state index in [-0.39, 0.29) is 0 Å². The van der Waals surface area contributed by atoms with Gasteiger partial charge in [-0.3, -0.25) is 0 Å². The van der Waals surface area contributed by atoms with Crippen LogP contribution in [-0.2, 0) is 0 Å². The fourth-order valence-corrected chi connectivity index (χ4v) is 2.94. The van der Waals surface area contributed by atoms with E-state index < -0.39 is 0 Å². The molecular weight excluding hydrogens is 248 g/mol. The third kappa shape index (κ3) is 3.62. The van der Waals surface area contributed by atoms with Crippen molar-refractivity contribution in [1.82, 2.24) is 0 Å². The van der Waals surface area contributed by atoms with E-state index >= 15 is 0 Å². The first-order chi connectivity index (χ1) is 9.35. The van der Waals surface area contributed by atoms with Crippen LogP contribution in [0.5, 0.6) is 0 Å². The summed E-state index contributed by atoms with van der Waals surface area (Å²) in [6.07, 6.45) is 8.47. The van der Waals surface area contributed by atoms with Crippen molar-refractivity contribution in [3.05, 3.63) is 71.8 Å². The zero-order valence-electron chi connectivity index (χ0n) is 11.3. The molecule has 2 aromatic rings. The predicted octanol–water partition coefficient (Wildman–Crippen LogP) is 5.90. The van der Waals surface area contributed by atoms with E-state index in [1.165, 1.54) is 20.9 Å². The summed E-state index contributed by atoms with van der Waals surface area (Å²) >= 11 is 1.82. The molecule has 2 rings (SSSR count). The van der Waals surface area contributed by atoms with Crippen molar-refractivity contribution >= 4 is 23.9 Å². The highest BCUT2D eigenvalue weighted by Crippen LogP contribution is 2.33. The first kappa shape index (κ1) is 13.7. The van der Waals surface area contributed by atoms with Gasteiger partial charge in [0.2, 0.25) is 0 Å². The molecule has 0 aliphatic carbocycles. The maximum Gasteiger partial charge on any atom is 0.0194 e. The van der Waals surface area contributed by atoms with Gasteiger partial charge in [0, 0.05) is 9.79 Å². The van der Waals surface area contributed by atoms with Crippen molar-refractivity contribution in [3.8, 4) is 0 Å². The van der Waals surface area contributed by atoms with Gasteiger partial charge in [-0.15, -0.1) is 0 Å². The van der Waals surface area contributed by atoms with E-state index in [1.807, 2.05) is 11.8 Å². The molecular formula is C18H18S. The van der Waals surface area contributed by atoms with Crippen molar-refractivity contribution in [2.45, 2.75) is 23.6 Å². The van der Waals surface area contributed by atoms with Crippen LogP contribution in [0.4, 0.5) is 0 Å². The van der Waals surface area contributed by atoms with Crippen molar-refractivity contribution in [1.29, 1.82) is 0 Å². The van der Waals surface area contributed by atoms with E-state index in [2.05, 4.69) is 86.7 Å². The fourth-order valence-electron chi connectivity index (χ4n) is 1.90. The molecule has 0 aliphatic heterocycles. The number of allylic oxidation sites excluding steroid dienone is 2. The third-order valence-electron chi connectivity index (χ3n) is 2.75. The topological polar surface area (TPSA) is 0 Å². The summed E-state index contributed by atoms with van der Waals surface area (Å²) in [5, 5.41) is 0. The fraction of sp³-hybridized carbons (Fsp3) is 0.111. The average Bonchev–Trinajstić information content (AvgIpc) is 2.44. The summed E-state index contributed by atoms with van der Waals surface area (Å²) < 4.78 is 0. The molecule has 0 aliphatic rings. The Labute approximate surface area is 119 Å². The molecule has 0 N–H and O–H groups in total. The van der Waals surface area contributed by atoms with Crippen molar-refractivity contribution in [2.24, 2.45) is 0 Å². The van der Waals surface area contributed by atoms with Gasteiger partial charge in [0.05, 0.1) is 0 Å². The summed E-state index contributed by atoms with van der Waals surface area (Å²) in [4.78, 5) is 2.58. The molecule has 0 nitrogen and oxygen atoms in total. The van der Waals surface area contributed by atoms with Crippen LogP contribution in [0.3, 0.4) is 0 Å². The van der Waals surface area contributed by atoms with Gasteiger partial charge in [-0.25, -0.2) is 0 Å². The molecule has 2 aromatic carbocycles. The first-order valence-corrected chi connectivity index (χ1v) is 7.28. The molecule has 0 bridgehead atoms. The molecule has 0 heterocycles. The van der Waals surface area contributed by atoms with Gasteiger partial charge in [0.15, 0.2) is 0 Å². The second kappa shape index (κ2) is 7.01. The lowest BCUT2D eigenvalue weighted by Crippen LogP contribution is -1.82. The Morgan fingerprint density at radius 2 is 1.11 bits per heavy atom. The largest absolute Gasteiger partial charge is 0.0888 e. The molecule has 0 aromatic heterocycles. The molecule has 0 fully saturated rings. The van der Waals surface area contributed by atoms with Crippen LogP contribution in [0.15, 0.2) is 70.5 Å². The first-order valence-electron chi connectivity index (χ1n) is 6.46. The minimum atomic E-state index is 1.27. The van der Waals surface area contributed by atoms with Gasteiger partial charge in [0.25, 0.3) is 0 Å². The molecule has 0 radical (unpaired) electrons. The number of benzene rings is 2. The molecule has 1 heteroatoms. The number of rotatable bonds is 4. The maximum atomic E-state index is 2.17. The molecule has 0 saturated carbocycles. The Hall–Kier alpha value is -1.73. The van der Waals surface area contributed by atoms with Crippen molar-refractivity contribution in [3.63, 3.8) is 0 Å². The predicted molar refractivity (Wildman–Crippen MR) is 86.4 cm³/mol. The zero-order chi connectivity index (χ0) is 13.5. The molecule has 0 spiro atoms. The third-order valence-corrected chi connectivity index (χ3v) is 3.93. The number of hydrogen-bond donors (Lipinski definition) is 0. The lowest BCUT2D eigenvalue weighted by atomic mass is 10.2. The van der Waals surface area contributed by atoms with Gasteiger partial charge in [-0.05, 0) is 37.1 Å². The summed E-state index contributed by atoms with van der Waals surface area (Å²) in [6, 6.07) is 17.0. The number of hydrogen-bond acceptors (Lipinski definition) is 1. The van der Waals surface area contributed by atoms with Crippen LogP contribution in [0.1, 0.15) is 25.0 Å². The molecule has 0 saturated heterocycles. The van der Waals surface area contributed by atoms with Gasteiger partial charge in [0.1, 0.15) is 0 Å². The zero-order valence-corrected chi connectivity index (χ0v) is 12.2. The van der Waals surface area contributed by atoms with E-state index in [4.69, 9.17) is 0 Å². The van der Waals surface area contributed by atoms with Crippen LogP contribution in [-0.4, -0.2) is 0 Å². The molecule has 0 unspecified atom stereocenters. The van der Waals surface area contributed by atoms with Crippen LogP contribution in [0, 0.1) is 0 Å². The minimum Gasteiger partial charge on any atom is -0.0888 e. The average molecular weight is 266 g/mol. The molecule has 0 atom stereocenters. The standard InChI is InChI=1S/C18H18S/c1-3-9-15-11-5-7-13-17(15)19-18-14-8-6-12-16(18)10-4-2/h3-14H,1-2H3. The maximum absolute atomic E-state index is 2.17. The van der Waals surface area contributed by atoms with E-state index in [9.17, 15) is 0 Å². The van der Waals surface area contributed by atoms with Gasteiger partial charge in [-0.2, -0.15) is 0 Å². The Morgan fingerprint density at radius 1 is 0.684 bits per heavy atom. The highest BCUT2D eigenvalue weighted by atomic mass is 32.2. The Balaban J connectivity index is 2.36. The summed E-state index contributed by atoms with van der Waals surface area (Å²) in [5.41, 5.74) is 2.54. The quantitative estimate of drug-likeness (QED) is 0.663. The SMILES string of the molecule is CC=Cc1ccccc1Sc1ccccc1C=CC. The summed E-state index contributed by atoms with van der Waals surface area (Å²) in [7, 11) is 0. The summed E-state index contributed by atoms with van der Waals surface area (Å²) in [5.74, 6) is 0. The van der Waals surface area contributed by atoms with E-state index in [0.29, 0.717) is 0 Å². The van der Waals surface area contributed by atoms with Gasteiger partial charge in [-0.1, -0.05) is 72.5 Å². The normalized spacial score (nSPS) is 11.5. The van der Waals surface area contributed by atoms with E-state index in [1.54, 1.807) is 0 Å². The van der Waals surface area contributed by atoms with Crippen LogP contribution in [0.2, 0.25) is 0 Å². The lowest BCUT2D eigenvalue weighted by Gasteiger charge is -2.08.